The molecule has 0 aromatic heterocycles. The summed E-state index contributed by atoms with van der Waals surface area (Å²) in [4.78, 5) is 38.5. The van der Waals surface area contributed by atoms with Gasteiger partial charge in [0, 0.05) is 37.4 Å². The SMILES string of the molecule is C[N+](C)(C(N)=O)c1cc(CN2CC[C@H](NC(=O)CNC(=O)c3cc(C(F)(F)F)ccc3N)C2)ccc1O. The van der Waals surface area contributed by atoms with Crippen molar-refractivity contribution < 1.29 is 32.7 Å². The van der Waals surface area contributed by atoms with Gasteiger partial charge in [-0.05, 0) is 36.2 Å². The number of rotatable bonds is 7. The first-order valence-corrected chi connectivity index (χ1v) is 11.4. The fourth-order valence-corrected chi connectivity index (χ4v) is 4.05. The number of hydrogen-bond donors (Lipinski definition) is 5. The number of benzene rings is 2. The van der Waals surface area contributed by atoms with E-state index >= 15 is 0 Å². The highest BCUT2D eigenvalue weighted by Gasteiger charge is 2.32. The lowest BCUT2D eigenvalue weighted by atomic mass is 10.1. The molecule has 0 aliphatic carbocycles. The van der Waals surface area contributed by atoms with E-state index in [0.29, 0.717) is 37.8 Å². The number of urea groups is 1. The fraction of sp³-hybridized carbons (Fsp3) is 0.375. The number of nitrogens with two attached hydrogens (primary N) is 2. The van der Waals surface area contributed by atoms with E-state index in [4.69, 9.17) is 11.5 Å². The summed E-state index contributed by atoms with van der Waals surface area (Å²) in [6.45, 7) is 1.27. The smallest absolute Gasteiger partial charge is 0.418 e. The molecule has 0 spiro atoms. The number of carbonyl (C=O) groups excluding carboxylic acids is 3. The number of nitrogens with one attached hydrogen (secondary N) is 2. The average molecular weight is 524 g/mol. The zero-order valence-electron chi connectivity index (χ0n) is 20.4. The number of nitrogen functional groups attached to an aromatic ring is 1. The summed E-state index contributed by atoms with van der Waals surface area (Å²) < 4.78 is 38.4. The van der Waals surface area contributed by atoms with Gasteiger partial charge in [0.15, 0.2) is 11.4 Å². The Morgan fingerprint density at radius 1 is 1.16 bits per heavy atom. The molecule has 37 heavy (non-hydrogen) atoms. The Morgan fingerprint density at radius 3 is 2.51 bits per heavy atom. The largest absolute Gasteiger partial charge is 0.503 e. The number of nitrogens with zero attached hydrogens (tertiary/aromatic N) is 2. The van der Waals surface area contributed by atoms with Crippen molar-refractivity contribution in [1.82, 2.24) is 20.0 Å². The van der Waals surface area contributed by atoms with Crippen LogP contribution in [0.4, 0.5) is 29.3 Å². The van der Waals surface area contributed by atoms with Gasteiger partial charge in [-0.15, -0.1) is 0 Å². The minimum atomic E-state index is -4.63. The number of hydrogen-bond acceptors (Lipinski definition) is 6. The van der Waals surface area contributed by atoms with Crippen molar-refractivity contribution >= 4 is 29.2 Å². The van der Waals surface area contributed by atoms with Gasteiger partial charge in [0.25, 0.3) is 5.91 Å². The molecule has 13 heteroatoms. The molecule has 2 aromatic carbocycles. The first-order valence-electron chi connectivity index (χ1n) is 11.4. The van der Waals surface area contributed by atoms with E-state index in [1.807, 2.05) is 0 Å². The van der Waals surface area contributed by atoms with Crippen LogP contribution in [-0.2, 0) is 17.5 Å². The number of amides is 4. The first kappa shape index (κ1) is 27.7. The molecule has 2 aromatic rings. The predicted molar refractivity (Wildman–Crippen MR) is 131 cm³/mol. The molecule has 1 aliphatic heterocycles. The van der Waals surface area contributed by atoms with Crippen LogP contribution >= 0.6 is 0 Å². The third kappa shape index (κ3) is 6.68. The van der Waals surface area contributed by atoms with E-state index in [1.165, 1.54) is 6.07 Å². The van der Waals surface area contributed by atoms with E-state index in [-0.39, 0.29) is 27.5 Å². The second-order valence-corrected chi connectivity index (χ2v) is 9.39. The van der Waals surface area contributed by atoms with E-state index < -0.39 is 36.1 Å². The summed E-state index contributed by atoms with van der Waals surface area (Å²) in [6, 6.07) is 6.55. The van der Waals surface area contributed by atoms with Crippen LogP contribution in [0.1, 0.15) is 27.9 Å². The molecule has 10 nitrogen and oxygen atoms in total. The third-order valence-electron chi connectivity index (χ3n) is 6.27. The number of primary amides is 1. The summed E-state index contributed by atoms with van der Waals surface area (Å²) in [6.07, 6.45) is -3.98. The molecule has 1 aliphatic rings. The highest BCUT2D eigenvalue weighted by Crippen LogP contribution is 2.32. The summed E-state index contributed by atoms with van der Waals surface area (Å²) in [5, 5.41) is 15.3. The van der Waals surface area contributed by atoms with Crippen LogP contribution in [0.2, 0.25) is 0 Å². The van der Waals surface area contributed by atoms with Gasteiger partial charge in [-0.3, -0.25) is 14.5 Å². The molecule has 1 heterocycles. The summed E-state index contributed by atoms with van der Waals surface area (Å²) in [7, 11) is 3.14. The van der Waals surface area contributed by atoms with Crippen LogP contribution in [0.5, 0.6) is 5.75 Å². The molecule has 0 unspecified atom stereocenters. The third-order valence-corrected chi connectivity index (χ3v) is 6.27. The number of quaternary nitrogens is 1. The van der Waals surface area contributed by atoms with Crippen molar-refractivity contribution in [3.05, 3.63) is 53.1 Å². The maximum Gasteiger partial charge on any atom is 0.418 e. The molecule has 200 valence electrons. The topological polar surface area (TPSA) is 151 Å². The monoisotopic (exact) mass is 523 g/mol. The molecule has 0 radical (unpaired) electrons. The van der Waals surface area contributed by atoms with E-state index in [0.717, 1.165) is 17.7 Å². The van der Waals surface area contributed by atoms with Crippen molar-refractivity contribution in [3.8, 4) is 5.75 Å². The van der Waals surface area contributed by atoms with Crippen molar-refractivity contribution in [2.45, 2.75) is 25.2 Å². The van der Waals surface area contributed by atoms with Gasteiger partial charge in [-0.2, -0.15) is 13.2 Å². The molecule has 0 bridgehead atoms. The van der Waals surface area contributed by atoms with Gasteiger partial charge in [-0.25, -0.2) is 9.28 Å². The molecule has 0 saturated carbocycles. The molecule has 4 amide bonds. The predicted octanol–water partition coefficient (Wildman–Crippen LogP) is 1.76. The minimum Gasteiger partial charge on any atom is -0.503 e. The van der Waals surface area contributed by atoms with Crippen LogP contribution in [0.15, 0.2) is 36.4 Å². The normalized spacial score (nSPS) is 16.4. The molecule has 1 atom stereocenters. The van der Waals surface area contributed by atoms with Crippen LogP contribution < -0.4 is 26.6 Å². The molecule has 1 fully saturated rings. The number of anilines is 1. The standard InChI is InChI=1S/C24H29F3N6O4/c1-33(2,23(29)37)19-9-14(3-6-20(19)34)12-32-8-7-16(13-32)31-21(35)11-30-22(36)17-10-15(24(25,26)27)4-5-18(17)28/h3-6,9-10,16H,7-8,11-13H2,1-2H3,(H6-,28,29,30,31,34,35,36,37)/p+1/t16-/m0/s1. The van der Waals surface area contributed by atoms with E-state index in [2.05, 4.69) is 15.5 Å². The molecule has 3 rings (SSSR count). The average Bonchev–Trinajstić information content (AvgIpc) is 3.24. The lowest BCUT2D eigenvalue weighted by molar-refractivity contribution is -0.137. The highest BCUT2D eigenvalue weighted by atomic mass is 19.4. The van der Waals surface area contributed by atoms with Crippen molar-refractivity contribution in [1.29, 1.82) is 0 Å². The molecular formula is C24H30F3N6O4+. The summed E-state index contributed by atoms with van der Waals surface area (Å²) in [5.74, 6) is -1.42. The van der Waals surface area contributed by atoms with Crippen molar-refractivity contribution in [2.75, 3.05) is 39.5 Å². The first-order chi connectivity index (χ1) is 17.2. The highest BCUT2D eigenvalue weighted by molar-refractivity contribution is 6.00. The second-order valence-electron chi connectivity index (χ2n) is 9.39. The Bertz CT molecular complexity index is 1200. The number of phenols is 1. The van der Waals surface area contributed by atoms with Crippen LogP contribution in [-0.4, -0.2) is 67.6 Å². The molecular weight excluding hydrogens is 493 g/mol. The molecule has 7 N–H and O–H groups in total. The summed E-state index contributed by atoms with van der Waals surface area (Å²) >= 11 is 0. The van der Waals surface area contributed by atoms with Crippen molar-refractivity contribution in [2.24, 2.45) is 5.73 Å². The Hall–Kier alpha value is -3.84. The lowest BCUT2D eigenvalue weighted by Gasteiger charge is -2.25. The van der Waals surface area contributed by atoms with E-state index in [1.54, 1.807) is 26.2 Å². The Kier molecular flexibility index (Phi) is 7.98. The van der Waals surface area contributed by atoms with Gasteiger partial charge in [0.1, 0.15) is 0 Å². The zero-order chi connectivity index (χ0) is 27.5. The van der Waals surface area contributed by atoms with Crippen LogP contribution in [0.25, 0.3) is 0 Å². The Morgan fingerprint density at radius 2 is 1.86 bits per heavy atom. The number of alkyl halides is 3. The number of phenolic OH excluding ortho intramolecular Hbond substituents is 1. The van der Waals surface area contributed by atoms with Crippen molar-refractivity contribution in [3.63, 3.8) is 0 Å². The number of aromatic hydroxyl groups is 1. The quantitative estimate of drug-likeness (QED) is 0.276. The number of likely N-dealkylation sites (tertiary alicyclic amines) is 1. The second kappa shape index (κ2) is 10.6. The minimum absolute atomic E-state index is 0.0481. The van der Waals surface area contributed by atoms with Gasteiger partial charge < -0.3 is 27.2 Å². The fourth-order valence-electron chi connectivity index (χ4n) is 4.05. The van der Waals surface area contributed by atoms with Gasteiger partial charge in [0.2, 0.25) is 5.91 Å². The van der Waals surface area contributed by atoms with Crippen LogP contribution in [0.3, 0.4) is 0 Å². The number of halogens is 3. The Balaban J connectivity index is 1.53. The van der Waals surface area contributed by atoms with Gasteiger partial charge in [-0.1, -0.05) is 6.07 Å². The van der Waals surface area contributed by atoms with E-state index in [9.17, 15) is 32.7 Å². The Labute approximate surface area is 211 Å². The zero-order valence-corrected chi connectivity index (χ0v) is 20.4. The van der Waals surface area contributed by atoms with Gasteiger partial charge >= 0.3 is 12.2 Å². The van der Waals surface area contributed by atoms with Gasteiger partial charge in [0.05, 0.1) is 31.8 Å². The molecule has 1 saturated heterocycles. The van der Waals surface area contributed by atoms with Crippen LogP contribution in [0, 0.1) is 0 Å². The maximum absolute atomic E-state index is 12.9. The lowest BCUT2D eigenvalue weighted by Crippen LogP contribution is -2.50. The summed E-state index contributed by atoms with van der Waals surface area (Å²) in [5.41, 5.74) is 10.8. The number of carbonyl (C=O) groups is 3. The maximum atomic E-state index is 12.9.